The Morgan fingerprint density at radius 2 is 1.65 bits per heavy atom. The summed E-state index contributed by atoms with van der Waals surface area (Å²) in [7, 11) is 0. The zero-order valence-electron chi connectivity index (χ0n) is 11.0. The number of hydrogen-bond donors (Lipinski definition) is 1. The van der Waals surface area contributed by atoms with Crippen LogP contribution in [0.4, 0.5) is 5.69 Å². The number of halogens is 2. The third kappa shape index (κ3) is 3.71. The van der Waals surface area contributed by atoms with E-state index in [1.807, 2.05) is 25.1 Å². The van der Waals surface area contributed by atoms with Crippen LogP contribution in [0.25, 0.3) is 0 Å². The minimum Gasteiger partial charge on any atom is -0.490 e. The molecule has 0 unspecified atom stereocenters. The number of rotatable bonds is 5. The van der Waals surface area contributed by atoms with Gasteiger partial charge in [-0.05, 0) is 42.8 Å². The molecule has 0 saturated carbocycles. The van der Waals surface area contributed by atoms with Gasteiger partial charge < -0.3 is 15.2 Å². The molecule has 0 aliphatic heterocycles. The van der Waals surface area contributed by atoms with E-state index in [0.29, 0.717) is 29.0 Å². The van der Waals surface area contributed by atoms with Crippen LogP contribution >= 0.6 is 23.2 Å². The van der Waals surface area contributed by atoms with Crippen LogP contribution in [0.15, 0.2) is 36.4 Å². The summed E-state index contributed by atoms with van der Waals surface area (Å²) in [6.45, 7) is 2.68. The minimum absolute atomic E-state index is 0.354. The molecule has 2 N–H and O–H groups in total. The van der Waals surface area contributed by atoms with E-state index in [9.17, 15) is 0 Å². The maximum Gasteiger partial charge on any atom is 0.156 e. The second-order valence-corrected chi connectivity index (χ2v) is 5.08. The van der Waals surface area contributed by atoms with Gasteiger partial charge in [0.15, 0.2) is 5.75 Å². The first-order valence-electron chi connectivity index (χ1n) is 6.13. The van der Waals surface area contributed by atoms with E-state index in [0.717, 1.165) is 17.0 Å². The van der Waals surface area contributed by atoms with Crippen LogP contribution in [0.3, 0.4) is 0 Å². The number of hydrogen-bond acceptors (Lipinski definition) is 3. The molecule has 106 valence electrons. The third-order valence-corrected chi connectivity index (χ3v) is 3.35. The van der Waals surface area contributed by atoms with Gasteiger partial charge in [-0.1, -0.05) is 29.3 Å². The van der Waals surface area contributed by atoms with Crippen LogP contribution in [0.1, 0.15) is 5.56 Å². The summed E-state index contributed by atoms with van der Waals surface area (Å²) in [5.74, 6) is 1.23. The average Bonchev–Trinajstić information content (AvgIpc) is 2.41. The summed E-state index contributed by atoms with van der Waals surface area (Å²) in [6.07, 6.45) is 0. The monoisotopic (exact) mass is 311 g/mol. The van der Waals surface area contributed by atoms with Gasteiger partial charge in [0.05, 0.1) is 10.0 Å². The van der Waals surface area contributed by atoms with Crippen molar-refractivity contribution in [3.63, 3.8) is 0 Å². The molecule has 2 rings (SSSR count). The van der Waals surface area contributed by atoms with Crippen LogP contribution in [0, 0.1) is 6.92 Å². The van der Waals surface area contributed by atoms with Gasteiger partial charge >= 0.3 is 0 Å². The van der Waals surface area contributed by atoms with E-state index >= 15 is 0 Å². The van der Waals surface area contributed by atoms with E-state index in [4.69, 9.17) is 38.4 Å². The first kappa shape index (κ1) is 14.8. The molecule has 0 aliphatic rings. The van der Waals surface area contributed by atoms with Crippen molar-refractivity contribution in [2.45, 2.75) is 6.92 Å². The highest BCUT2D eigenvalue weighted by atomic mass is 35.5. The normalized spacial score (nSPS) is 10.3. The highest BCUT2D eigenvalue weighted by Gasteiger charge is 2.06. The van der Waals surface area contributed by atoms with Crippen molar-refractivity contribution in [3.05, 3.63) is 52.0 Å². The molecule has 20 heavy (non-hydrogen) atoms. The SMILES string of the molecule is Cc1cc(OCCOc2c(Cl)cccc2Cl)ccc1N. The third-order valence-electron chi connectivity index (χ3n) is 2.76. The van der Waals surface area contributed by atoms with Crippen LogP contribution in [0.2, 0.25) is 10.0 Å². The summed E-state index contributed by atoms with van der Waals surface area (Å²) < 4.78 is 11.1. The van der Waals surface area contributed by atoms with Crippen molar-refractivity contribution in [1.29, 1.82) is 0 Å². The minimum atomic E-state index is 0.354. The molecule has 5 heteroatoms. The Hall–Kier alpha value is -1.58. The standard InChI is InChI=1S/C15H15Cl2NO2/c1-10-9-11(5-6-14(10)18)19-7-8-20-15-12(16)3-2-4-13(15)17/h2-6,9H,7-8,18H2,1H3. The fraction of sp³-hybridized carbons (Fsp3) is 0.200. The maximum atomic E-state index is 6.00. The Bertz CT molecular complexity index is 582. The topological polar surface area (TPSA) is 44.5 Å². The lowest BCUT2D eigenvalue weighted by Crippen LogP contribution is -2.09. The Balaban J connectivity index is 1.86. The summed E-state index contributed by atoms with van der Waals surface area (Å²) in [4.78, 5) is 0. The lowest BCUT2D eigenvalue weighted by molar-refractivity contribution is 0.217. The molecule has 0 heterocycles. The molecule has 3 nitrogen and oxygen atoms in total. The van der Waals surface area contributed by atoms with Gasteiger partial charge in [-0.15, -0.1) is 0 Å². The zero-order chi connectivity index (χ0) is 14.5. The van der Waals surface area contributed by atoms with Gasteiger partial charge in [-0.25, -0.2) is 0 Å². The van der Waals surface area contributed by atoms with Crippen LogP contribution < -0.4 is 15.2 Å². The Morgan fingerprint density at radius 1 is 1.00 bits per heavy atom. The predicted octanol–water partition coefficient (Wildman–Crippen LogP) is 4.34. The molecule has 2 aromatic carbocycles. The number of anilines is 1. The van der Waals surface area contributed by atoms with Gasteiger partial charge in [0.1, 0.15) is 19.0 Å². The molecule has 0 atom stereocenters. The lowest BCUT2D eigenvalue weighted by Gasteiger charge is -2.11. The van der Waals surface area contributed by atoms with E-state index < -0.39 is 0 Å². The molecule has 0 radical (unpaired) electrons. The van der Waals surface area contributed by atoms with Gasteiger partial charge in [-0.3, -0.25) is 0 Å². The van der Waals surface area contributed by atoms with Crippen LogP contribution in [0.5, 0.6) is 11.5 Å². The fourth-order valence-corrected chi connectivity index (χ4v) is 2.17. The van der Waals surface area contributed by atoms with Crippen LogP contribution in [-0.2, 0) is 0 Å². The molecule has 0 fully saturated rings. The molecule has 0 saturated heterocycles. The molecular weight excluding hydrogens is 297 g/mol. The first-order chi connectivity index (χ1) is 9.58. The number of benzene rings is 2. The average molecular weight is 312 g/mol. The van der Waals surface area contributed by atoms with Crippen LogP contribution in [-0.4, -0.2) is 13.2 Å². The molecular formula is C15H15Cl2NO2. The summed E-state index contributed by atoms with van der Waals surface area (Å²) >= 11 is 12.0. The Morgan fingerprint density at radius 3 is 2.30 bits per heavy atom. The molecule has 0 bridgehead atoms. The van der Waals surface area contributed by atoms with Gasteiger partial charge in [0.2, 0.25) is 0 Å². The highest BCUT2D eigenvalue weighted by molar-refractivity contribution is 6.37. The van der Waals surface area contributed by atoms with E-state index in [1.54, 1.807) is 18.2 Å². The number of nitrogen functional groups attached to an aromatic ring is 1. The number of para-hydroxylation sites is 1. The van der Waals surface area contributed by atoms with Crippen molar-refractivity contribution in [2.24, 2.45) is 0 Å². The fourth-order valence-electron chi connectivity index (χ4n) is 1.66. The highest BCUT2D eigenvalue weighted by Crippen LogP contribution is 2.32. The Labute approximate surface area is 128 Å². The van der Waals surface area contributed by atoms with Gasteiger partial charge in [0.25, 0.3) is 0 Å². The van der Waals surface area contributed by atoms with Gasteiger partial charge in [0, 0.05) is 5.69 Å². The van der Waals surface area contributed by atoms with Crippen molar-refractivity contribution >= 4 is 28.9 Å². The molecule has 0 aromatic heterocycles. The largest absolute Gasteiger partial charge is 0.490 e. The molecule has 0 aliphatic carbocycles. The zero-order valence-corrected chi connectivity index (χ0v) is 12.5. The van der Waals surface area contributed by atoms with Crippen molar-refractivity contribution < 1.29 is 9.47 Å². The van der Waals surface area contributed by atoms with E-state index in [1.165, 1.54) is 0 Å². The second kappa shape index (κ2) is 6.73. The first-order valence-corrected chi connectivity index (χ1v) is 6.89. The Kier molecular flexibility index (Phi) is 4.99. The predicted molar refractivity (Wildman–Crippen MR) is 83.0 cm³/mol. The van der Waals surface area contributed by atoms with Crippen molar-refractivity contribution in [2.75, 3.05) is 18.9 Å². The number of ether oxygens (including phenoxy) is 2. The van der Waals surface area contributed by atoms with Crippen molar-refractivity contribution in [1.82, 2.24) is 0 Å². The summed E-state index contributed by atoms with van der Waals surface area (Å²) in [6, 6.07) is 10.8. The quantitative estimate of drug-likeness (QED) is 0.660. The molecule has 2 aromatic rings. The van der Waals surface area contributed by atoms with Gasteiger partial charge in [-0.2, -0.15) is 0 Å². The van der Waals surface area contributed by atoms with E-state index in [2.05, 4.69) is 0 Å². The van der Waals surface area contributed by atoms with Crippen molar-refractivity contribution in [3.8, 4) is 11.5 Å². The second-order valence-electron chi connectivity index (χ2n) is 4.27. The number of aryl methyl sites for hydroxylation is 1. The molecule has 0 spiro atoms. The number of nitrogens with two attached hydrogens (primary N) is 1. The summed E-state index contributed by atoms with van der Waals surface area (Å²) in [5, 5.41) is 0.974. The lowest BCUT2D eigenvalue weighted by atomic mass is 10.2. The maximum absolute atomic E-state index is 6.00. The van der Waals surface area contributed by atoms with E-state index in [-0.39, 0.29) is 0 Å². The summed E-state index contributed by atoms with van der Waals surface area (Å²) in [5.41, 5.74) is 7.47. The smallest absolute Gasteiger partial charge is 0.156 e. The molecule has 0 amide bonds.